The number of hydrogen-bond donors (Lipinski definition) is 3. The van der Waals surface area contributed by atoms with Gasteiger partial charge < -0.3 is 15.5 Å². The van der Waals surface area contributed by atoms with Gasteiger partial charge >= 0.3 is 0 Å². The highest BCUT2D eigenvalue weighted by Gasteiger charge is 2.01. The van der Waals surface area contributed by atoms with Crippen LogP contribution in [0.15, 0.2) is 24.3 Å². The molecule has 1 atom stereocenters. The molecule has 1 unspecified atom stereocenters. The average molecular weight is 251 g/mol. The summed E-state index contributed by atoms with van der Waals surface area (Å²) < 4.78 is 0. The fourth-order valence-electron chi connectivity index (χ4n) is 1.85. The van der Waals surface area contributed by atoms with Gasteiger partial charge in [0.2, 0.25) is 0 Å². The molecule has 0 saturated carbocycles. The zero-order chi connectivity index (χ0) is 13.2. The predicted molar refractivity (Wildman–Crippen MR) is 75.9 cm³/mol. The molecule has 3 N–H and O–H groups in total. The van der Waals surface area contributed by atoms with Crippen molar-refractivity contribution < 1.29 is 10.2 Å². The number of anilines is 1. The molecule has 0 bridgehead atoms. The number of unbranched alkanes of at least 4 members (excludes halogenated alkanes) is 3. The van der Waals surface area contributed by atoms with E-state index in [1.807, 2.05) is 12.1 Å². The summed E-state index contributed by atoms with van der Waals surface area (Å²) in [5, 5.41) is 21.0. The summed E-state index contributed by atoms with van der Waals surface area (Å²) in [6.07, 6.45) is 5.59. The number of hydrogen-bond acceptors (Lipinski definition) is 3. The maximum Gasteiger partial charge on any atom is 0.0942 e. The maximum absolute atomic E-state index is 9.23. The Morgan fingerprint density at radius 1 is 1.11 bits per heavy atom. The van der Waals surface area contributed by atoms with Crippen LogP contribution >= 0.6 is 0 Å². The van der Waals surface area contributed by atoms with Gasteiger partial charge in [0, 0.05) is 12.2 Å². The maximum atomic E-state index is 9.23. The second-order valence-corrected chi connectivity index (χ2v) is 4.72. The standard InChI is InChI=1S/C15H25NO2/c1-2-3-4-5-6-13-7-9-14(10-8-13)16-11-15(18)12-17/h7-10,15-18H,2-6,11-12H2,1H3. The van der Waals surface area contributed by atoms with Crippen LogP contribution in [0.1, 0.15) is 38.2 Å². The summed E-state index contributed by atoms with van der Waals surface area (Å²) in [5.41, 5.74) is 2.35. The lowest BCUT2D eigenvalue weighted by molar-refractivity contribution is 0.105. The third kappa shape index (κ3) is 6.03. The Bertz CT molecular complexity index is 311. The lowest BCUT2D eigenvalue weighted by Crippen LogP contribution is -2.22. The number of aliphatic hydroxyl groups excluding tert-OH is 2. The second-order valence-electron chi connectivity index (χ2n) is 4.72. The zero-order valence-electron chi connectivity index (χ0n) is 11.2. The van der Waals surface area contributed by atoms with Crippen molar-refractivity contribution in [2.24, 2.45) is 0 Å². The van der Waals surface area contributed by atoms with Gasteiger partial charge in [0.25, 0.3) is 0 Å². The molecule has 1 rings (SSSR count). The van der Waals surface area contributed by atoms with E-state index < -0.39 is 6.10 Å². The normalized spacial score (nSPS) is 12.4. The first-order valence-corrected chi connectivity index (χ1v) is 6.88. The molecule has 0 aromatic heterocycles. The summed E-state index contributed by atoms with van der Waals surface area (Å²) in [4.78, 5) is 0. The van der Waals surface area contributed by atoms with E-state index in [-0.39, 0.29) is 6.61 Å². The van der Waals surface area contributed by atoms with E-state index >= 15 is 0 Å². The minimum Gasteiger partial charge on any atom is -0.394 e. The molecule has 0 amide bonds. The largest absolute Gasteiger partial charge is 0.394 e. The Morgan fingerprint density at radius 3 is 2.44 bits per heavy atom. The Balaban J connectivity index is 2.28. The molecular weight excluding hydrogens is 226 g/mol. The van der Waals surface area contributed by atoms with Gasteiger partial charge in [-0.2, -0.15) is 0 Å². The summed E-state index contributed by atoms with van der Waals surface area (Å²) in [6, 6.07) is 8.30. The zero-order valence-corrected chi connectivity index (χ0v) is 11.2. The van der Waals surface area contributed by atoms with Crippen LogP contribution in [0.25, 0.3) is 0 Å². The predicted octanol–water partition coefficient (Wildman–Crippen LogP) is 2.57. The van der Waals surface area contributed by atoms with Crippen molar-refractivity contribution in [3.63, 3.8) is 0 Å². The first-order chi connectivity index (χ1) is 8.76. The molecule has 1 aromatic rings. The lowest BCUT2D eigenvalue weighted by atomic mass is 10.1. The van der Waals surface area contributed by atoms with Crippen LogP contribution in [0.2, 0.25) is 0 Å². The summed E-state index contributed by atoms with van der Waals surface area (Å²) in [6.45, 7) is 2.40. The van der Waals surface area contributed by atoms with E-state index in [1.54, 1.807) is 0 Å². The third-order valence-corrected chi connectivity index (χ3v) is 3.03. The van der Waals surface area contributed by atoms with Crippen LogP contribution in [0.5, 0.6) is 0 Å². The summed E-state index contributed by atoms with van der Waals surface area (Å²) in [5.74, 6) is 0. The Morgan fingerprint density at radius 2 is 1.83 bits per heavy atom. The highest BCUT2D eigenvalue weighted by Crippen LogP contribution is 2.12. The van der Waals surface area contributed by atoms with Gasteiger partial charge in [-0.05, 0) is 30.5 Å². The Labute approximate surface area is 110 Å². The smallest absolute Gasteiger partial charge is 0.0942 e. The molecule has 0 radical (unpaired) electrons. The number of nitrogens with one attached hydrogen (secondary N) is 1. The Kier molecular flexibility index (Phi) is 7.46. The molecule has 0 aliphatic rings. The van der Waals surface area contributed by atoms with Gasteiger partial charge in [-0.15, -0.1) is 0 Å². The molecule has 0 saturated heterocycles. The molecule has 18 heavy (non-hydrogen) atoms. The molecule has 0 spiro atoms. The molecule has 0 aliphatic heterocycles. The minimum atomic E-state index is -0.696. The SMILES string of the molecule is CCCCCCc1ccc(NCC(O)CO)cc1. The monoisotopic (exact) mass is 251 g/mol. The molecular formula is C15H25NO2. The van der Waals surface area contributed by atoms with Crippen LogP contribution < -0.4 is 5.32 Å². The molecule has 102 valence electrons. The van der Waals surface area contributed by atoms with E-state index in [0.29, 0.717) is 6.54 Å². The van der Waals surface area contributed by atoms with Gasteiger partial charge in [-0.25, -0.2) is 0 Å². The number of aryl methyl sites for hydroxylation is 1. The van der Waals surface area contributed by atoms with Crippen LogP contribution in [0.4, 0.5) is 5.69 Å². The van der Waals surface area contributed by atoms with Crippen molar-refractivity contribution in [2.45, 2.75) is 45.1 Å². The van der Waals surface area contributed by atoms with Gasteiger partial charge in [0.05, 0.1) is 12.7 Å². The van der Waals surface area contributed by atoms with Crippen molar-refractivity contribution in [2.75, 3.05) is 18.5 Å². The third-order valence-electron chi connectivity index (χ3n) is 3.03. The van der Waals surface area contributed by atoms with Gasteiger partial charge in [0.15, 0.2) is 0 Å². The lowest BCUT2D eigenvalue weighted by Gasteiger charge is -2.10. The first kappa shape index (κ1) is 15.0. The van der Waals surface area contributed by atoms with Crippen molar-refractivity contribution in [1.29, 1.82) is 0 Å². The van der Waals surface area contributed by atoms with Crippen molar-refractivity contribution >= 4 is 5.69 Å². The number of aliphatic hydroxyl groups is 2. The minimum absolute atomic E-state index is 0.206. The molecule has 0 fully saturated rings. The van der Waals surface area contributed by atoms with E-state index in [4.69, 9.17) is 5.11 Å². The van der Waals surface area contributed by atoms with Crippen LogP contribution in [0.3, 0.4) is 0 Å². The highest BCUT2D eigenvalue weighted by atomic mass is 16.3. The number of rotatable bonds is 9. The molecule has 0 heterocycles. The highest BCUT2D eigenvalue weighted by molar-refractivity contribution is 5.44. The summed E-state index contributed by atoms with van der Waals surface area (Å²) in [7, 11) is 0. The van der Waals surface area contributed by atoms with Gasteiger partial charge in [0.1, 0.15) is 0 Å². The number of benzene rings is 1. The second kappa shape index (κ2) is 8.95. The van der Waals surface area contributed by atoms with Crippen LogP contribution in [-0.2, 0) is 6.42 Å². The fourth-order valence-corrected chi connectivity index (χ4v) is 1.85. The van der Waals surface area contributed by atoms with Crippen molar-refractivity contribution in [1.82, 2.24) is 0 Å². The van der Waals surface area contributed by atoms with Gasteiger partial charge in [-0.3, -0.25) is 0 Å². The van der Waals surface area contributed by atoms with E-state index in [2.05, 4.69) is 24.4 Å². The van der Waals surface area contributed by atoms with Crippen LogP contribution in [0, 0.1) is 0 Å². The fraction of sp³-hybridized carbons (Fsp3) is 0.600. The molecule has 0 aliphatic carbocycles. The molecule has 1 aromatic carbocycles. The quantitative estimate of drug-likeness (QED) is 0.591. The molecule has 3 nitrogen and oxygen atoms in total. The summed E-state index contributed by atoms with van der Waals surface area (Å²) >= 11 is 0. The van der Waals surface area contributed by atoms with Crippen molar-refractivity contribution in [3.05, 3.63) is 29.8 Å². The average Bonchev–Trinajstić information content (AvgIpc) is 2.42. The molecule has 3 heteroatoms. The topological polar surface area (TPSA) is 52.5 Å². The van der Waals surface area contributed by atoms with Gasteiger partial charge in [-0.1, -0.05) is 38.3 Å². The first-order valence-electron chi connectivity index (χ1n) is 6.88. The van der Waals surface area contributed by atoms with Crippen LogP contribution in [-0.4, -0.2) is 29.5 Å². The van der Waals surface area contributed by atoms with E-state index in [1.165, 1.54) is 31.2 Å². The van der Waals surface area contributed by atoms with Crippen molar-refractivity contribution in [3.8, 4) is 0 Å². The van der Waals surface area contributed by atoms with E-state index in [0.717, 1.165) is 12.1 Å². The van der Waals surface area contributed by atoms with E-state index in [9.17, 15) is 5.11 Å². The Hall–Kier alpha value is -1.06.